The van der Waals surface area contributed by atoms with Gasteiger partial charge in [-0.25, -0.2) is 4.79 Å². The second kappa shape index (κ2) is 5.30. The first-order chi connectivity index (χ1) is 7.41. The van der Waals surface area contributed by atoms with Gasteiger partial charge in [0.05, 0.1) is 10.0 Å². The highest BCUT2D eigenvalue weighted by Crippen LogP contribution is 2.23. The third-order valence-corrected chi connectivity index (χ3v) is 2.64. The number of carboxylic acid groups (broad SMARTS) is 1. The Balaban J connectivity index is 2.81. The summed E-state index contributed by atoms with van der Waals surface area (Å²) in [4.78, 5) is 21.8. The molecule has 0 saturated heterocycles. The van der Waals surface area contributed by atoms with Gasteiger partial charge >= 0.3 is 5.97 Å². The predicted molar refractivity (Wildman–Crippen MR) is 59.1 cm³/mol. The molecule has 0 spiro atoms. The van der Waals surface area contributed by atoms with Crippen LogP contribution in [-0.2, 0) is 4.79 Å². The molecule has 2 N–H and O–H groups in total. The molecule has 0 aliphatic rings. The van der Waals surface area contributed by atoms with Crippen molar-refractivity contribution in [3.8, 4) is 0 Å². The number of carbonyl (C=O) groups excluding carboxylic acids is 1. The maximum atomic E-state index is 11.5. The van der Waals surface area contributed by atoms with E-state index in [-0.39, 0.29) is 10.6 Å². The molecule has 1 aromatic carbocycles. The van der Waals surface area contributed by atoms with Crippen LogP contribution in [0.25, 0.3) is 0 Å². The second-order valence-corrected chi connectivity index (χ2v) is 3.92. The Labute approximate surface area is 101 Å². The van der Waals surface area contributed by atoms with E-state index in [2.05, 4.69) is 0 Å². The number of hydrogen-bond acceptors (Lipinski definition) is 3. The van der Waals surface area contributed by atoms with Crippen molar-refractivity contribution >= 4 is 35.0 Å². The molecule has 0 aliphatic heterocycles. The molecule has 4 nitrogen and oxygen atoms in total. The number of Topliss-reactive ketones (excluding diaryl/α,β-unsaturated/α-hetero) is 1. The Kier molecular flexibility index (Phi) is 4.29. The number of carbonyl (C=O) groups is 2. The van der Waals surface area contributed by atoms with Crippen LogP contribution >= 0.6 is 23.2 Å². The zero-order chi connectivity index (χ0) is 12.3. The summed E-state index contributed by atoms with van der Waals surface area (Å²) < 4.78 is 0. The van der Waals surface area contributed by atoms with Gasteiger partial charge in [-0.05, 0) is 18.2 Å². The molecule has 0 radical (unpaired) electrons. The van der Waals surface area contributed by atoms with Gasteiger partial charge in [-0.3, -0.25) is 4.79 Å². The number of ketones is 1. The van der Waals surface area contributed by atoms with Crippen LogP contribution < -0.4 is 0 Å². The minimum atomic E-state index is -1.71. The van der Waals surface area contributed by atoms with E-state index < -0.39 is 24.3 Å². The third-order valence-electron chi connectivity index (χ3n) is 1.91. The van der Waals surface area contributed by atoms with Crippen LogP contribution in [0.4, 0.5) is 0 Å². The molecule has 0 unspecified atom stereocenters. The fourth-order valence-electron chi connectivity index (χ4n) is 1.05. The Bertz CT molecular complexity index is 431. The summed E-state index contributed by atoms with van der Waals surface area (Å²) in [7, 11) is 0. The lowest BCUT2D eigenvalue weighted by Gasteiger charge is -2.05. The first kappa shape index (κ1) is 13.0. The monoisotopic (exact) mass is 262 g/mol. The quantitative estimate of drug-likeness (QED) is 0.815. The van der Waals surface area contributed by atoms with E-state index in [1.807, 2.05) is 0 Å². The highest BCUT2D eigenvalue weighted by Gasteiger charge is 2.19. The van der Waals surface area contributed by atoms with Crippen molar-refractivity contribution in [3.05, 3.63) is 33.8 Å². The molecule has 0 bridgehead atoms. The highest BCUT2D eigenvalue weighted by molar-refractivity contribution is 6.42. The van der Waals surface area contributed by atoms with Gasteiger partial charge in [-0.2, -0.15) is 0 Å². The largest absolute Gasteiger partial charge is 0.479 e. The lowest BCUT2D eigenvalue weighted by atomic mass is 10.1. The van der Waals surface area contributed by atoms with Crippen molar-refractivity contribution in [3.63, 3.8) is 0 Å². The van der Waals surface area contributed by atoms with Gasteiger partial charge in [0.25, 0.3) is 0 Å². The van der Waals surface area contributed by atoms with Gasteiger partial charge in [-0.1, -0.05) is 23.2 Å². The normalized spacial score (nSPS) is 12.2. The van der Waals surface area contributed by atoms with E-state index >= 15 is 0 Å². The first-order valence-corrected chi connectivity index (χ1v) is 5.06. The average molecular weight is 263 g/mol. The molecule has 16 heavy (non-hydrogen) atoms. The summed E-state index contributed by atoms with van der Waals surface area (Å²) in [5.41, 5.74) is 0.217. The molecule has 1 atom stereocenters. The SMILES string of the molecule is O=C(C[C@H](O)C(=O)O)c1ccc(Cl)c(Cl)c1. The summed E-state index contributed by atoms with van der Waals surface area (Å²) in [5.74, 6) is -1.94. The van der Waals surface area contributed by atoms with Crippen LogP contribution in [0.3, 0.4) is 0 Å². The Morgan fingerprint density at radius 3 is 2.38 bits per heavy atom. The van der Waals surface area contributed by atoms with E-state index in [4.69, 9.17) is 33.4 Å². The highest BCUT2D eigenvalue weighted by atomic mass is 35.5. The molecular formula is C10H8Cl2O4. The molecule has 0 fully saturated rings. The summed E-state index contributed by atoms with van der Waals surface area (Å²) in [6.45, 7) is 0. The van der Waals surface area contributed by atoms with Gasteiger partial charge < -0.3 is 10.2 Å². The van der Waals surface area contributed by atoms with Gasteiger partial charge in [0.1, 0.15) is 0 Å². The fourth-order valence-corrected chi connectivity index (χ4v) is 1.35. The lowest BCUT2D eigenvalue weighted by molar-refractivity contribution is -0.146. The number of aliphatic hydroxyl groups excluding tert-OH is 1. The van der Waals surface area contributed by atoms with Gasteiger partial charge in [0.2, 0.25) is 0 Å². The van der Waals surface area contributed by atoms with Crippen LogP contribution in [0.2, 0.25) is 10.0 Å². The van der Waals surface area contributed by atoms with E-state index in [1.165, 1.54) is 18.2 Å². The average Bonchev–Trinajstić information content (AvgIpc) is 2.21. The second-order valence-electron chi connectivity index (χ2n) is 3.11. The van der Waals surface area contributed by atoms with Gasteiger partial charge in [-0.15, -0.1) is 0 Å². The standard InChI is InChI=1S/C10H8Cl2O4/c11-6-2-1-5(3-7(6)12)8(13)4-9(14)10(15)16/h1-3,9,14H,4H2,(H,15,16)/t9-/m0/s1. The zero-order valence-electron chi connectivity index (χ0n) is 7.98. The number of aliphatic carboxylic acids is 1. The Hall–Kier alpha value is -1.10. The van der Waals surface area contributed by atoms with Crippen molar-refractivity contribution in [1.82, 2.24) is 0 Å². The molecule has 0 aliphatic carbocycles. The van der Waals surface area contributed by atoms with Crippen molar-refractivity contribution < 1.29 is 19.8 Å². The molecule has 0 saturated carbocycles. The number of rotatable bonds is 4. The molecule has 0 aromatic heterocycles. The van der Waals surface area contributed by atoms with Crippen molar-refractivity contribution in [2.75, 3.05) is 0 Å². The number of hydrogen-bond donors (Lipinski definition) is 2. The maximum Gasteiger partial charge on any atom is 0.332 e. The molecule has 86 valence electrons. The number of benzene rings is 1. The van der Waals surface area contributed by atoms with Crippen LogP contribution in [0.15, 0.2) is 18.2 Å². The van der Waals surface area contributed by atoms with Crippen molar-refractivity contribution in [2.24, 2.45) is 0 Å². The molecular weight excluding hydrogens is 255 g/mol. The minimum Gasteiger partial charge on any atom is -0.479 e. The predicted octanol–water partition coefficient (Wildman–Crippen LogP) is 2.01. The number of halogens is 2. The molecule has 0 amide bonds. The van der Waals surface area contributed by atoms with E-state index in [9.17, 15) is 9.59 Å². The smallest absolute Gasteiger partial charge is 0.332 e. The first-order valence-electron chi connectivity index (χ1n) is 4.31. The van der Waals surface area contributed by atoms with Gasteiger partial charge in [0, 0.05) is 12.0 Å². The van der Waals surface area contributed by atoms with Crippen LogP contribution in [0, 0.1) is 0 Å². The zero-order valence-corrected chi connectivity index (χ0v) is 9.50. The van der Waals surface area contributed by atoms with Crippen LogP contribution in [0.1, 0.15) is 16.8 Å². The minimum absolute atomic E-state index is 0.206. The Morgan fingerprint density at radius 2 is 1.88 bits per heavy atom. The summed E-state index contributed by atoms with van der Waals surface area (Å²) in [5, 5.41) is 17.9. The lowest BCUT2D eigenvalue weighted by Crippen LogP contribution is -2.23. The molecule has 1 rings (SSSR count). The molecule has 1 aromatic rings. The van der Waals surface area contributed by atoms with Crippen LogP contribution in [-0.4, -0.2) is 28.1 Å². The van der Waals surface area contributed by atoms with Crippen molar-refractivity contribution in [2.45, 2.75) is 12.5 Å². The molecule has 0 heterocycles. The number of aliphatic hydroxyl groups is 1. The topological polar surface area (TPSA) is 74.6 Å². The Morgan fingerprint density at radius 1 is 1.25 bits per heavy atom. The molecule has 6 heteroatoms. The fraction of sp³-hybridized carbons (Fsp3) is 0.200. The van der Waals surface area contributed by atoms with Crippen LogP contribution in [0.5, 0.6) is 0 Å². The summed E-state index contributed by atoms with van der Waals surface area (Å²) in [6.07, 6.45) is -2.20. The maximum absolute atomic E-state index is 11.5. The van der Waals surface area contributed by atoms with Crippen molar-refractivity contribution in [1.29, 1.82) is 0 Å². The van der Waals surface area contributed by atoms with Gasteiger partial charge in [0.15, 0.2) is 11.9 Å². The summed E-state index contributed by atoms with van der Waals surface area (Å²) in [6, 6.07) is 4.19. The van der Waals surface area contributed by atoms with E-state index in [0.29, 0.717) is 5.02 Å². The summed E-state index contributed by atoms with van der Waals surface area (Å²) >= 11 is 11.3. The van der Waals surface area contributed by atoms with E-state index in [1.54, 1.807) is 0 Å². The van der Waals surface area contributed by atoms with E-state index in [0.717, 1.165) is 0 Å². The third kappa shape index (κ3) is 3.20. The number of carboxylic acids is 1.